The van der Waals surface area contributed by atoms with Crippen LogP contribution in [0.15, 0.2) is 16.6 Å². The molecule has 1 heterocycles. The van der Waals surface area contributed by atoms with Gasteiger partial charge in [-0.1, -0.05) is 15.9 Å². The summed E-state index contributed by atoms with van der Waals surface area (Å²) in [5.41, 5.74) is 2.07. The Labute approximate surface area is 105 Å². The molecule has 0 aliphatic carbocycles. The zero-order valence-corrected chi connectivity index (χ0v) is 11.0. The van der Waals surface area contributed by atoms with Crippen molar-refractivity contribution in [1.29, 1.82) is 0 Å². The Kier molecular flexibility index (Phi) is 3.84. The second kappa shape index (κ2) is 5.17. The van der Waals surface area contributed by atoms with Gasteiger partial charge in [0.25, 0.3) is 0 Å². The third kappa shape index (κ3) is 2.75. The van der Waals surface area contributed by atoms with Gasteiger partial charge in [-0.15, -0.1) is 0 Å². The molecule has 1 aliphatic heterocycles. The SMILES string of the molecule is Cc1c(O)cc(CN2CCNCC2)cc1Br. The van der Waals surface area contributed by atoms with Crippen LogP contribution in [0, 0.1) is 6.92 Å². The van der Waals surface area contributed by atoms with Gasteiger partial charge in [0.2, 0.25) is 0 Å². The monoisotopic (exact) mass is 284 g/mol. The Balaban J connectivity index is 2.09. The van der Waals surface area contributed by atoms with E-state index in [4.69, 9.17) is 0 Å². The van der Waals surface area contributed by atoms with Crippen LogP contribution in [0.25, 0.3) is 0 Å². The first-order chi connectivity index (χ1) is 7.66. The molecule has 0 aromatic heterocycles. The molecule has 1 aromatic rings. The quantitative estimate of drug-likeness (QED) is 0.870. The minimum Gasteiger partial charge on any atom is -0.508 e. The Bertz CT molecular complexity index is 352. The number of hydrogen-bond donors (Lipinski definition) is 2. The van der Waals surface area contributed by atoms with Gasteiger partial charge in [0, 0.05) is 42.8 Å². The number of nitrogens with one attached hydrogen (secondary N) is 1. The van der Waals surface area contributed by atoms with E-state index in [1.807, 2.05) is 13.0 Å². The summed E-state index contributed by atoms with van der Waals surface area (Å²) in [6, 6.07) is 3.96. The number of halogens is 1. The predicted octanol–water partition coefficient (Wildman–Crippen LogP) is 1.87. The summed E-state index contributed by atoms with van der Waals surface area (Å²) < 4.78 is 0.984. The average molecular weight is 285 g/mol. The van der Waals surface area contributed by atoms with Crippen molar-refractivity contribution in [3.63, 3.8) is 0 Å². The normalized spacial score (nSPS) is 17.6. The van der Waals surface area contributed by atoms with Crippen molar-refractivity contribution in [3.05, 3.63) is 27.7 Å². The van der Waals surface area contributed by atoms with Gasteiger partial charge in [-0.05, 0) is 24.6 Å². The number of phenols is 1. The van der Waals surface area contributed by atoms with Crippen LogP contribution in [-0.4, -0.2) is 36.2 Å². The molecule has 3 nitrogen and oxygen atoms in total. The maximum absolute atomic E-state index is 9.75. The summed E-state index contributed by atoms with van der Waals surface area (Å²) in [7, 11) is 0. The number of hydrogen-bond acceptors (Lipinski definition) is 3. The lowest BCUT2D eigenvalue weighted by Crippen LogP contribution is -2.42. The maximum atomic E-state index is 9.75. The van der Waals surface area contributed by atoms with E-state index in [9.17, 15) is 5.11 Å². The van der Waals surface area contributed by atoms with Crippen LogP contribution in [-0.2, 0) is 6.54 Å². The van der Waals surface area contributed by atoms with E-state index in [0.717, 1.165) is 48.3 Å². The lowest BCUT2D eigenvalue weighted by molar-refractivity contribution is 0.233. The molecule has 1 fully saturated rings. The summed E-state index contributed by atoms with van der Waals surface area (Å²) in [6.07, 6.45) is 0. The van der Waals surface area contributed by atoms with Crippen LogP contribution < -0.4 is 5.32 Å². The van der Waals surface area contributed by atoms with E-state index in [0.29, 0.717) is 5.75 Å². The molecule has 2 N–H and O–H groups in total. The van der Waals surface area contributed by atoms with Gasteiger partial charge in [0.1, 0.15) is 5.75 Å². The Morgan fingerprint density at radius 1 is 1.38 bits per heavy atom. The second-order valence-electron chi connectivity index (χ2n) is 4.25. The molecule has 1 aromatic carbocycles. The minimum atomic E-state index is 0.375. The fraction of sp³-hybridized carbons (Fsp3) is 0.500. The Morgan fingerprint density at radius 2 is 2.06 bits per heavy atom. The Morgan fingerprint density at radius 3 is 2.69 bits per heavy atom. The topological polar surface area (TPSA) is 35.5 Å². The van der Waals surface area contributed by atoms with Crippen LogP contribution in [0.2, 0.25) is 0 Å². The number of piperazine rings is 1. The third-order valence-corrected chi connectivity index (χ3v) is 3.82. The molecule has 0 bridgehead atoms. The molecule has 0 spiro atoms. The van der Waals surface area contributed by atoms with Crippen molar-refractivity contribution in [2.24, 2.45) is 0 Å². The second-order valence-corrected chi connectivity index (χ2v) is 5.10. The van der Waals surface area contributed by atoms with Crippen molar-refractivity contribution >= 4 is 15.9 Å². The number of benzene rings is 1. The number of aromatic hydroxyl groups is 1. The number of rotatable bonds is 2. The fourth-order valence-electron chi connectivity index (χ4n) is 1.94. The van der Waals surface area contributed by atoms with E-state index in [1.54, 1.807) is 0 Å². The van der Waals surface area contributed by atoms with Gasteiger partial charge in [-0.25, -0.2) is 0 Å². The molecule has 1 aliphatic rings. The molecule has 4 heteroatoms. The highest BCUT2D eigenvalue weighted by molar-refractivity contribution is 9.10. The van der Waals surface area contributed by atoms with Gasteiger partial charge in [0.15, 0.2) is 0 Å². The molecule has 0 radical (unpaired) electrons. The van der Waals surface area contributed by atoms with Crippen LogP contribution >= 0.6 is 15.9 Å². The summed E-state index contributed by atoms with van der Waals surface area (Å²) in [5, 5.41) is 13.1. The van der Waals surface area contributed by atoms with Crippen molar-refractivity contribution in [3.8, 4) is 5.75 Å². The highest BCUT2D eigenvalue weighted by atomic mass is 79.9. The molecule has 0 saturated carbocycles. The standard InChI is InChI=1S/C12H17BrN2O/c1-9-11(13)6-10(7-12(9)16)8-15-4-2-14-3-5-15/h6-7,14,16H,2-5,8H2,1H3. The predicted molar refractivity (Wildman–Crippen MR) is 68.7 cm³/mol. The largest absolute Gasteiger partial charge is 0.508 e. The van der Waals surface area contributed by atoms with Crippen LogP contribution in [0.4, 0.5) is 0 Å². The van der Waals surface area contributed by atoms with Crippen LogP contribution in [0.3, 0.4) is 0 Å². The summed E-state index contributed by atoms with van der Waals surface area (Å²) in [6.45, 7) is 7.08. The van der Waals surface area contributed by atoms with Crippen LogP contribution in [0.5, 0.6) is 5.75 Å². The van der Waals surface area contributed by atoms with Gasteiger partial charge in [0.05, 0.1) is 0 Å². The Hall–Kier alpha value is -0.580. The smallest absolute Gasteiger partial charge is 0.119 e. The van der Waals surface area contributed by atoms with Crippen molar-refractivity contribution in [2.75, 3.05) is 26.2 Å². The fourth-order valence-corrected chi connectivity index (χ4v) is 2.43. The first-order valence-electron chi connectivity index (χ1n) is 5.58. The molecule has 0 amide bonds. The molecule has 2 rings (SSSR count). The lowest BCUT2D eigenvalue weighted by atomic mass is 10.1. The maximum Gasteiger partial charge on any atom is 0.119 e. The van der Waals surface area contributed by atoms with E-state index in [1.165, 1.54) is 0 Å². The number of phenolic OH excluding ortho intramolecular Hbond substituents is 1. The molecule has 16 heavy (non-hydrogen) atoms. The average Bonchev–Trinajstić information content (AvgIpc) is 2.27. The molecular formula is C12H17BrN2O. The lowest BCUT2D eigenvalue weighted by Gasteiger charge is -2.27. The highest BCUT2D eigenvalue weighted by Crippen LogP contribution is 2.27. The zero-order valence-electron chi connectivity index (χ0n) is 9.46. The highest BCUT2D eigenvalue weighted by Gasteiger charge is 2.11. The van der Waals surface area contributed by atoms with Gasteiger partial charge in [-0.3, -0.25) is 4.90 Å². The number of nitrogens with zero attached hydrogens (tertiary/aromatic N) is 1. The van der Waals surface area contributed by atoms with Crippen LogP contribution in [0.1, 0.15) is 11.1 Å². The molecular weight excluding hydrogens is 268 g/mol. The first kappa shape index (κ1) is 11.9. The first-order valence-corrected chi connectivity index (χ1v) is 6.37. The van der Waals surface area contributed by atoms with Gasteiger partial charge < -0.3 is 10.4 Å². The van der Waals surface area contributed by atoms with E-state index in [2.05, 4.69) is 32.2 Å². The molecule has 88 valence electrons. The molecule has 0 atom stereocenters. The van der Waals surface area contributed by atoms with E-state index in [-0.39, 0.29) is 0 Å². The summed E-state index contributed by atoms with van der Waals surface area (Å²) in [4.78, 5) is 2.40. The van der Waals surface area contributed by atoms with Crippen molar-refractivity contribution in [1.82, 2.24) is 10.2 Å². The van der Waals surface area contributed by atoms with Crippen molar-refractivity contribution < 1.29 is 5.11 Å². The van der Waals surface area contributed by atoms with E-state index >= 15 is 0 Å². The summed E-state index contributed by atoms with van der Waals surface area (Å²) >= 11 is 3.47. The zero-order chi connectivity index (χ0) is 11.5. The van der Waals surface area contributed by atoms with E-state index < -0.39 is 0 Å². The molecule has 0 unspecified atom stereocenters. The van der Waals surface area contributed by atoms with Gasteiger partial charge in [-0.2, -0.15) is 0 Å². The third-order valence-electron chi connectivity index (χ3n) is 2.99. The summed E-state index contributed by atoms with van der Waals surface area (Å²) in [5.74, 6) is 0.375. The molecule has 1 saturated heterocycles. The van der Waals surface area contributed by atoms with Gasteiger partial charge >= 0.3 is 0 Å². The minimum absolute atomic E-state index is 0.375. The van der Waals surface area contributed by atoms with Crippen molar-refractivity contribution in [2.45, 2.75) is 13.5 Å².